The predicted octanol–water partition coefficient (Wildman–Crippen LogP) is 1.25. The van der Waals surface area contributed by atoms with Crippen LogP contribution in [0.3, 0.4) is 0 Å². The van der Waals surface area contributed by atoms with Gasteiger partial charge in [-0.1, -0.05) is 44.2 Å². The molecule has 1 aromatic rings. The van der Waals surface area contributed by atoms with Crippen molar-refractivity contribution < 1.29 is 14.3 Å². The Balaban J connectivity index is 2.62. The molecule has 1 N–H and O–H groups in total. The molecular formula is C13H17NO3. The van der Waals surface area contributed by atoms with Crippen LogP contribution in [0.15, 0.2) is 30.3 Å². The summed E-state index contributed by atoms with van der Waals surface area (Å²) in [6.07, 6.45) is 0. The quantitative estimate of drug-likeness (QED) is 0.633. The molecule has 0 saturated carbocycles. The molecule has 1 rings (SSSR count). The Morgan fingerprint density at radius 1 is 1.24 bits per heavy atom. The first-order valence-corrected chi connectivity index (χ1v) is 5.39. The monoisotopic (exact) mass is 235 g/mol. The van der Waals surface area contributed by atoms with Crippen LogP contribution in [0.4, 0.5) is 0 Å². The molecule has 0 aromatic heterocycles. The average Bonchev–Trinajstić information content (AvgIpc) is 2.36. The van der Waals surface area contributed by atoms with E-state index in [0.717, 1.165) is 5.56 Å². The molecule has 1 amide bonds. The molecule has 0 atom stereocenters. The third kappa shape index (κ3) is 3.59. The first-order chi connectivity index (χ1) is 7.97. The Labute approximate surface area is 101 Å². The standard InChI is InChI=1S/C13H17NO3/c1-13(2,10-7-5-4-6-8-10)9-14-11(15)12(16)17-3/h4-8H,9H2,1-3H3,(H,14,15). The smallest absolute Gasteiger partial charge is 0.396 e. The van der Waals surface area contributed by atoms with Crippen molar-refractivity contribution in [2.45, 2.75) is 19.3 Å². The number of hydrogen-bond acceptors (Lipinski definition) is 3. The molecule has 0 aliphatic carbocycles. The van der Waals surface area contributed by atoms with Crippen molar-refractivity contribution in [1.29, 1.82) is 0 Å². The zero-order valence-electron chi connectivity index (χ0n) is 10.3. The highest BCUT2D eigenvalue weighted by Gasteiger charge is 2.23. The number of esters is 1. The van der Waals surface area contributed by atoms with Gasteiger partial charge in [0, 0.05) is 12.0 Å². The van der Waals surface area contributed by atoms with E-state index in [1.54, 1.807) is 0 Å². The number of carbonyl (C=O) groups excluding carboxylic acids is 2. The van der Waals surface area contributed by atoms with Crippen molar-refractivity contribution in [3.8, 4) is 0 Å². The van der Waals surface area contributed by atoms with E-state index in [1.807, 2.05) is 44.2 Å². The number of nitrogens with one attached hydrogen (secondary N) is 1. The van der Waals surface area contributed by atoms with Gasteiger partial charge in [0.2, 0.25) is 0 Å². The lowest BCUT2D eigenvalue weighted by Crippen LogP contribution is -2.40. The summed E-state index contributed by atoms with van der Waals surface area (Å²) in [5.41, 5.74) is 0.871. The van der Waals surface area contributed by atoms with Gasteiger partial charge in [0.15, 0.2) is 0 Å². The van der Waals surface area contributed by atoms with Crippen LogP contribution in [0.5, 0.6) is 0 Å². The molecule has 0 heterocycles. The van der Waals surface area contributed by atoms with E-state index in [4.69, 9.17) is 0 Å². The lowest BCUT2D eigenvalue weighted by molar-refractivity contribution is -0.152. The van der Waals surface area contributed by atoms with Crippen molar-refractivity contribution in [2.24, 2.45) is 0 Å². The van der Waals surface area contributed by atoms with Crippen LogP contribution in [-0.4, -0.2) is 25.5 Å². The fourth-order valence-corrected chi connectivity index (χ4v) is 1.46. The van der Waals surface area contributed by atoms with Gasteiger partial charge in [-0.2, -0.15) is 0 Å². The molecule has 0 unspecified atom stereocenters. The minimum atomic E-state index is -0.867. The molecular weight excluding hydrogens is 218 g/mol. The summed E-state index contributed by atoms with van der Waals surface area (Å²) < 4.78 is 4.33. The van der Waals surface area contributed by atoms with Crippen LogP contribution in [0.2, 0.25) is 0 Å². The van der Waals surface area contributed by atoms with E-state index in [1.165, 1.54) is 7.11 Å². The van der Waals surface area contributed by atoms with E-state index in [0.29, 0.717) is 6.54 Å². The van der Waals surface area contributed by atoms with Crippen molar-refractivity contribution in [1.82, 2.24) is 5.32 Å². The second kappa shape index (κ2) is 5.48. The predicted molar refractivity (Wildman–Crippen MR) is 64.5 cm³/mol. The van der Waals surface area contributed by atoms with E-state index in [9.17, 15) is 9.59 Å². The zero-order valence-corrected chi connectivity index (χ0v) is 10.3. The van der Waals surface area contributed by atoms with Crippen LogP contribution < -0.4 is 5.32 Å². The number of methoxy groups -OCH3 is 1. The SMILES string of the molecule is COC(=O)C(=O)NCC(C)(C)c1ccccc1. The Morgan fingerprint density at radius 3 is 2.35 bits per heavy atom. The van der Waals surface area contributed by atoms with Gasteiger partial charge in [-0.25, -0.2) is 4.79 Å². The highest BCUT2D eigenvalue weighted by Crippen LogP contribution is 2.21. The molecule has 0 bridgehead atoms. The second-order valence-corrected chi connectivity index (χ2v) is 4.42. The first kappa shape index (κ1) is 13.2. The zero-order chi connectivity index (χ0) is 12.9. The minimum Gasteiger partial charge on any atom is -0.462 e. The molecule has 0 spiro atoms. The van der Waals surface area contributed by atoms with Gasteiger partial charge in [0.25, 0.3) is 0 Å². The number of carbonyl (C=O) groups is 2. The fourth-order valence-electron chi connectivity index (χ4n) is 1.46. The minimum absolute atomic E-state index is 0.231. The molecule has 0 aliphatic rings. The van der Waals surface area contributed by atoms with Crippen LogP contribution >= 0.6 is 0 Å². The van der Waals surface area contributed by atoms with Crippen molar-refractivity contribution in [3.05, 3.63) is 35.9 Å². The maximum atomic E-state index is 11.3. The third-order valence-corrected chi connectivity index (χ3v) is 2.62. The maximum absolute atomic E-state index is 11.3. The van der Waals surface area contributed by atoms with E-state index in [2.05, 4.69) is 10.1 Å². The summed E-state index contributed by atoms with van der Waals surface area (Å²) in [7, 11) is 1.18. The Kier molecular flexibility index (Phi) is 4.26. The number of hydrogen-bond donors (Lipinski definition) is 1. The molecule has 1 aromatic carbocycles. The molecule has 0 fully saturated rings. The van der Waals surface area contributed by atoms with Crippen molar-refractivity contribution in [3.63, 3.8) is 0 Å². The molecule has 92 valence electrons. The Morgan fingerprint density at radius 2 is 1.82 bits per heavy atom. The molecule has 17 heavy (non-hydrogen) atoms. The van der Waals surface area contributed by atoms with Crippen LogP contribution in [0.25, 0.3) is 0 Å². The first-order valence-electron chi connectivity index (χ1n) is 5.39. The summed E-state index contributed by atoms with van der Waals surface area (Å²) in [5.74, 6) is -1.58. The van der Waals surface area contributed by atoms with Gasteiger partial charge in [0.05, 0.1) is 7.11 Å². The summed E-state index contributed by atoms with van der Waals surface area (Å²) in [4.78, 5) is 22.2. The molecule has 4 nitrogen and oxygen atoms in total. The van der Waals surface area contributed by atoms with Crippen molar-refractivity contribution >= 4 is 11.9 Å². The van der Waals surface area contributed by atoms with Gasteiger partial charge < -0.3 is 10.1 Å². The Bertz CT molecular complexity index is 398. The highest BCUT2D eigenvalue weighted by atomic mass is 16.5. The van der Waals surface area contributed by atoms with Crippen LogP contribution in [0.1, 0.15) is 19.4 Å². The van der Waals surface area contributed by atoms with E-state index in [-0.39, 0.29) is 5.41 Å². The lowest BCUT2D eigenvalue weighted by Gasteiger charge is -2.25. The van der Waals surface area contributed by atoms with Gasteiger partial charge in [-0.15, -0.1) is 0 Å². The van der Waals surface area contributed by atoms with Crippen molar-refractivity contribution in [2.75, 3.05) is 13.7 Å². The maximum Gasteiger partial charge on any atom is 0.396 e. The summed E-state index contributed by atoms with van der Waals surface area (Å²) in [6.45, 7) is 4.38. The summed E-state index contributed by atoms with van der Waals surface area (Å²) >= 11 is 0. The van der Waals surface area contributed by atoms with Gasteiger partial charge in [-0.05, 0) is 5.56 Å². The second-order valence-electron chi connectivity index (χ2n) is 4.42. The van der Waals surface area contributed by atoms with Gasteiger partial charge in [-0.3, -0.25) is 4.79 Å². The van der Waals surface area contributed by atoms with Gasteiger partial charge in [0.1, 0.15) is 0 Å². The van der Waals surface area contributed by atoms with Crippen LogP contribution in [0, 0.1) is 0 Å². The highest BCUT2D eigenvalue weighted by molar-refractivity contribution is 6.32. The molecule has 0 radical (unpaired) electrons. The Hall–Kier alpha value is -1.84. The third-order valence-electron chi connectivity index (χ3n) is 2.62. The van der Waals surface area contributed by atoms with E-state index >= 15 is 0 Å². The number of rotatable bonds is 3. The largest absolute Gasteiger partial charge is 0.462 e. The number of benzene rings is 1. The normalized spacial score (nSPS) is 10.8. The topological polar surface area (TPSA) is 55.4 Å². The lowest BCUT2D eigenvalue weighted by atomic mass is 9.84. The number of ether oxygens (including phenoxy) is 1. The molecule has 4 heteroatoms. The molecule has 0 aliphatic heterocycles. The number of amides is 1. The van der Waals surface area contributed by atoms with Crippen LogP contribution in [-0.2, 0) is 19.7 Å². The van der Waals surface area contributed by atoms with Gasteiger partial charge >= 0.3 is 11.9 Å². The fraction of sp³-hybridized carbons (Fsp3) is 0.385. The summed E-state index contributed by atoms with van der Waals surface area (Å²) in [5, 5.41) is 2.56. The summed E-state index contributed by atoms with van der Waals surface area (Å²) in [6, 6.07) is 9.81. The average molecular weight is 235 g/mol. The van der Waals surface area contributed by atoms with E-state index < -0.39 is 11.9 Å². The molecule has 0 saturated heterocycles.